The van der Waals surface area contributed by atoms with Crippen LogP contribution < -0.4 is 15.4 Å². The molecule has 2 rings (SSSR count). The molecule has 0 aliphatic rings. The first kappa shape index (κ1) is 22.2. The zero-order valence-electron chi connectivity index (χ0n) is 14.6. The number of aryl methyl sites for hydroxylation is 1. The van der Waals surface area contributed by atoms with Gasteiger partial charge in [-0.3, -0.25) is 4.99 Å². The molecule has 0 bridgehead atoms. The minimum atomic E-state index is 0. The molecule has 0 fully saturated rings. The normalized spacial score (nSPS) is 11.0. The first-order valence-corrected chi connectivity index (χ1v) is 9.47. The van der Waals surface area contributed by atoms with Crippen molar-refractivity contribution in [1.82, 2.24) is 15.6 Å². The van der Waals surface area contributed by atoms with Crippen molar-refractivity contribution in [2.75, 3.05) is 20.7 Å². The van der Waals surface area contributed by atoms with Gasteiger partial charge in [-0.05, 0) is 24.6 Å². The highest BCUT2D eigenvalue weighted by Gasteiger charge is 2.06. The summed E-state index contributed by atoms with van der Waals surface area (Å²) in [5.41, 5.74) is 1.07. The molecular formula is C17H24BrIN4OS. The van der Waals surface area contributed by atoms with Gasteiger partial charge in [-0.25, -0.2) is 4.98 Å². The van der Waals surface area contributed by atoms with Crippen molar-refractivity contribution in [3.63, 3.8) is 0 Å². The van der Waals surface area contributed by atoms with E-state index in [9.17, 15) is 0 Å². The fourth-order valence-corrected chi connectivity index (χ4v) is 3.47. The molecule has 0 unspecified atom stereocenters. The smallest absolute Gasteiger partial charge is 0.191 e. The van der Waals surface area contributed by atoms with Gasteiger partial charge in [0, 0.05) is 47.7 Å². The van der Waals surface area contributed by atoms with Gasteiger partial charge in [0.1, 0.15) is 5.75 Å². The standard InChI is InChI=1S/C17H23BrN4OS.HI/c1-4-14-11-21-16(24-14)7-8-20-17(19-2)22-10-12-9-13(18)5-6-15(12)23-3;/h5-6,9,11H,4,7-8,10H2,1-3H3,(H2,19,20,22);1H. The monoisotopic (exact) mass is 538 g/mol. The number of aromatic nitrogens is 1. The van der Waals surface area contributed by atoms with Crippen molar-refractivity contribution in [3.05, 3.63) is 44.3 Å². The average Bonchev–Trinajstić information content (AvgIpc) is 3.06. The van der Waals surface area contributed by atoms with Gasteiger partial charge in [0.25, 0.3) is 0 Å². The molecule has 0 aliphatic carbocycles. The van der Waals surface area contributed by atoms with E-state index in [4.69, 9.17) is 4.74 Å². The molecule has 25 heavy (non-hydrogen) atoms. The second-order valence-corrected chi connectivity index (χ2v) is 7.25. The fraction of sp³-hybridized carbons (Fsp3) is 0.412. The molecule has 8 heteroatoms. The van der Waals surface area contributed by atoms with Crippen LogP contribution >= 0.6 is 51.2 Å². The second kappa shape index (κ2) is 11.7. The average molecular weight is 539 g/mol. The molecule has 0 amide bonds. The van der Waals surface area contributed by atoms with E-state index in [1.807, 2.05) is 24.4 Å². The Kier molecular flexibility index (Phi) is 10.4. The summed E-state index contributed by atoms with van der Waals surface area (Å²) in [6, 6.07) is 5.96. The Hall–Kier alpha value is -0.870. The van der Waals surface area contributed by atoms with Crippen molar-refractivity contribution in [2.24, 2.45) is 4.99 Å². The minimum Gasteiger partial charge on any atom is -0.496 e. The first-order valence-electron chi connectivity index (χ1n) is 7.86. The van der Waals surface area contributed by atoms with Gasteiger partial charge >= 0.3 is 0 Å². The summed E-state index contributed by atoms with van der Waals surface area (Å²) < 4.78 is 6.42. The molecule has 0 saturated carbocycles. The molecule has 0 spiro atoms. The molecule has 0 saturated heterocycles. The van der Waals surface area contributed by atoms with Crippen LogP contribution in [0.2, 0.25) is 0 Å². The van der Waals surface area contributed by atoms with E-state index in [2.05, 4.69) is 43.5 Å². The number of methoxy groups -OCH3 is 1. The summed E-state index contributed by atoms with van der Waals surface area (Å²) >= 11 is 5.27. The number of halogens is 2. The van der Waals surface area contributed by atoms with Crippen molar-refractivity contribution in [1.29, 1.82) is 0 Å². The highest BCUT2D eigenvalue weighted by Crippen LogP contribution is 2.22. The van der Waals surface area contributed by atoms with E-state index in [1.165, 1.54) is 4.88 Å². The number of thiazole rings is 1. The molecule has 1 aromatic carbocycles. The van der Waals surface area contributed by atoms with Gasteiger partial charge in [0.05, 0.1) is 12.1 Å². The third-order valence-corrected chi connectivity index (χ3v) is 5.19. The van der Waals surface area contributed by atoms with Crippen LogP contribution in [-0.4, -0.2) is 31.6 Å². The Morgan fingerprint density at radius 1 is 1.36 bits per heavy atom. The number of hydrogen-bond donors (Lipinski definition) is 2. The zero-order chi connectivity index (χ0) is 17.4. The number of hydrogen-bond acceptors (Lipinski definition) is 4. The Morgan fingerprint density at radius 2 is 2.16 bits per heavy atom. The van der Waals surface area contributed by atoms with Crippen molar-refractivity contribution >= 4 is 57.2 Å². The molecule has 0 atom stereocenters. The SMILES string of the molecule is CCc1cnc(CCNC(=NC)NCc2cc(Br)ccc2OC)s1.I. The predicted molar refractivity (Wildman–Crippen MR) is 120 cm³/mol. The Balaban J connectivity index is 0.00000312. The molecule has 0 aliphatic heterocycles. The molecule has 138 valence electrons. The van der Waals surface area contributed by atoms with Gasteiger partial charge in [-0.15, -0.1) is 35.3 Å². The van der Waals surface area contributed by atoms with Crippen LogP contribution in [0.1, 0.15) is 22.4 Å². The summed E-state index contributed by atoms with van der Waals surface area (Å²) in [7, 11) is 3.45. The molecule has 1 heterocycles. The van der Waals surface area contributed by atoms with E-state index < -0.39 is 0 Å². The van der Waals surface area contributed by atoms with E-state index >= 15 is 0 Å². The highest BCUT2D eigenvalue weighted by atomic mass is 127. The van der Waals surface area contributed by atoms with E-state index in [0.29, 0.717) is 6.54 Å². The quantitative estimate of drug-likeness (QED) is 0.318. The molecule has 5 nitrogen and oxygen atoms in total. The maximum absolute atomic E-state index is 5.39. The van der Waals surface area contributed by atoms with Crippen LogP contribution in [0.25, 0.3) is 0 Å². The Morgan fingerprint density at radius 3 is 2.80 bits per heavy atom. The number of nitrogens with one attached hydrogen (secondary N) is 2. The summed E-state index contributed by atoms with van der Waals surface area (Å²) in [6.45, 7) is 3.59. The largest absolute Gasteiger partial charge is 0.496 e. The lowest BCUT2D eigenvalue weighted by molar-refractivity contribution is 0.409. The van der Waals surface area contributed by atoms with Crippen LogP contribution in [0.5, 0.6) is 5.75 Å². The van der Waals surface area contributed by atoms with Crippen molar-refractivity contribution in [2.45, 2.75) is 26.3 Å². The summed E-state index contributed by atoms with van der Waals surface area (Å²) in [5.74, 6) is 1.63. The maximum Gasteiger partial charge on any atom is 0.191 e. The van der Waals surface area contributed by atoms with Gasteiger partial charge < -0.3 is 15.4 Å². The zero-order valence-corrected chi connectivity index (χ0v) is 19.4. The maximum atomic E-state index is 5.39. The number of guanidine groups is 1. The topological polar surface area (TPSA) is 58.5 Å². The van der Waals surface area contributed by atoms with Gasteiger partial charge in [0.15, 0.2) is 5.96 Å². The Labute approximate surface area is 178 Å². The summed E-state index contributed by atoms with van der Waals surface area (Å²) in [4.78, 5) is 10.0. The van der Waals surface area contributed by atoms with E-state index in [0.717, 1.165) is 46.1 Å². The predicted octanol–water partition coefficient (Wildman–Crippen LogP) is 4.00. The van der Waals surface area contributed by atoms with Crippen molar-refractivity contribution in [3.8, 4) is 5.75 Å². The van der Waals surface area contributed by atoms with Crippen LogP contribution in [0, 0.1) is 0 Å². The lowest BCUT2D eigenvalue weighted by atomic mass is 10.2. The Bertz CT molecular complexity index is 693. The molecule has 0 radical (unpaired) electrons. The third kappa shape index (κ3) is 7.10. The van der Waals surface area contributed by atoms with Crippen LogP contribution in [0.3, 0.4) is 0 Å². The number of ether oxygens (including phenoxy) is 1. The van der Waals surface area contributed by atoms with E-state index in [1.54, 1.807) is 25.5 Å². The van der Waals surface area contributed by atoms with E-state index in [-0.39, 0.29) is 24.0 Å². The second-order valence-electron chi connectivity index (χ2n) is 5.13. The van der Waals surface area contributed by atoms with Crippen LogP contribution in [0.4, 0.5) is 0 Å². The molecular weight excluding hydrogens is 515 g/mol. The first-order chi connectivity index (χ1) is 11.7. The van der Waals surface area contributed by atoms with Crippen LogP contribution in [-0.2, 0) is 19.4 Å². The minimum absolute atomic E-state index is 0. The van der Waals surface area contributed by atoms with Gasteiger partial charge in [0.2, 0.25) is 0 Å². The van der Waals surface area contributed by atoms with Gasteiger partial charge in [-0.1, -0.05) is 22.9 Å². The number of rotatable bonds is 7. The summed E-state index contributed by atoms with van der Waals surface area (Å²) in [6.07, 6.45) is 3.90. The number of nitrogens with zero attached hydrogens (tertiary/aromatic N) is 2. The summed E-state index contributed by atoms with van der Waals surface area (Å²) in [5, 5.41) is 7.79. The molecule has 2 aromatic rings. The lowest BCUT2D eigenvalue weighted by Crippen LogP contribution is -2.37. The fourth-order valence-electron chi connectivity index (χ4n) is 2.20. The molecule has 2 N–H and O–H groups in total. The molecule has 1 aromatic heterocycles. The third-order valence-electron chi connectivity index (χ3n) is 3.49. The lowest BCUT2D eigenvalue weighted by Gasteiger charge is -2.13. The van der Waals surface area contributed by atoms with Crippen molar-refractivity contribution < 1.29 is 4.74 Å². The highest BCUT2D eigenvalue weighted by molar-refractivity contribution is 14.0. The van der Waals surface area contributed by atoms with Crippen LogP contribution in [0.15, 0.2) is 33.9 Å². The number of benzene rings is 1. The van der Waals surface area contributed by atoms with Gasteiger partial charge in [-0.2, -0.15) is 0 Å². The number of aliphatic imine (C=N–C) groups is 1.